The summed E-state index contributed by atoms with van der Waals surface area (Å²) >= 11 is 1.38. The number of nitriles is 1. The van der Waals surface area contributed by atoms with E-state index in [1.807, 2.05) is 54.6 Å². The van der Waals surface area contributed by atoms with Crippen LogP contribution in [-0.4, -0.2) is 15.8 Å². The highest BCUT2D eigenvalue weighted by Gasteiger charge is 2.13. The minimum Gasteiger partial charge on any atom is -0.376 e. The van der Waals surface area contributed by atoms with Crippen LogP contribution in [-0.2, 0) is 0 Å². The molecule has 0 saturated carbocycles. The molecule has 136 valence electrons. The number of H-pyrrole nitrogens is 1. The Hall–Kier alpha value is -3.56. The van der Waals surface area contributed by atoms with Crippen LogP contribution in [0.1, 0.15) is 5.56 Å². The zero-order chi connectivity index (χ0) is 19.3. The van der Waals surface area contributed by atoms with Crippen LogP contribution in [0, 0.1) is 11.3 Å². The van der Waals surface area contributed by atoms with Crippen molar-refractivity contribution < 1.29 is 0 Å². The Morgan fingerprint density at radius 3 is 2.54 bits per heavy atom. The Labute approximate surface area is 166 Å². The van der Waals surface area contributed by atoms with E-state index in [0.29, 0.717) is 16.7 Å². The SMILES string of the molecule is N#Cc1c(-c2ccccc2)nc(SCNc2ccc3ccccc3c2)[nH]c1=O. The molecule has 0 atom stereocenters. The number of nitrogens with one attached hydrogen (secondary N) is 2. The highest BCUT2D eigenvalue weighted by Crippen LogP contribution is 2.23. The third kappa shape index (κ3) is 3.75. The Balaban J connectivity index is 1.54. The molecule has 0 spiro atoms. The maximum absolute atomic E-state index is 12.3. The van der Waals surface area contributed by atoms with Gasteiger partial charge >= 0.3 is 0 Å². The fourth-order valence-electron chi connectivity index (χ4n) is 2.92. The number of rotatable bonds is 5. The molecular weight excluding hydrogens is 368 g/mol. The first kappa shape index (κ1) is 17.8. The summed E-state index contributed by atoms with van der Waals surface area (Å²) in [6, 6.07) is 25.6. The van der Waals surface area contributed by atoms with Crippen molar-refractivity contribution in [2.45, 2.75) is 5.16 Å². The first-order valence-electron chi connectivity index (χ1n) is 8.70. The molecule has 0 radical (unpaired) electrons. The molecule has 0 aliphatic rings. The summed E-state index contributed by atoms with van der Waals surface area (Å²) in [7, 11) is 0. The van der Waals surface area contributed by atoms with E-state index in [9.17, 15) is 10.1 Å². The molecule has 0 aliphatic carbocycles. The van der Waals surface area contributed by atoms with Crippen LogP contribution >= 0.6 is 11.8 Å². The maximum atomic E-state index is 12.3. The van der Waals surface area contributed by atoms with E-state index in [2.05, 4.69) is 39.6 Å². The Morgan fingerprint density at radius 1 is 1.00 bits per heavy atom. The number of thioether (sulfide) groups is 1. The number of hydrogen-bond donors (Lipinski definition) is 2. The van der Waals surface area contributed by atoms with Crippen LogP contribution in [0.3, 0.4) is 0 Å². The molecule has 1 heterocycles. The zero-order valence-corrected chi connectivity index (χ0v) is 15.7. The molecule has 1 aromatic heterocycles. The van der Waals surface area contributed by atoms with Crippen molar-refractivity contribution in [1.29, 1.82) is 5.26 Å². The van der Waals surface area contributed by atoms with Gasteiger partial charge in [-0.2, -0.15) is 5.26 Å². The predicted molar refractivity (Wildman–Crippen MR) is 113 cm³/mol. The van der Waals surface area contributed by atoms with Crippen LogP contribution in [0.15, 0.2) is 82.7 Å². The predicted octanol–water partition coefficient (Wildman–Crippen LogP) is 4.62. The molecule has 0 saturated heterocycles. The molecule has 6 heteroatoms. The van der Waals surface area contributed by atoms with Gasteiger partial charge in [0.15, 0.2) is 5.16 Å². The Bertz CT molecular complexity index is 1230. The quantitative estimate of drug-likeness (QED) is 0.298. The molecule has 2 N–H and O–H groups in total. The summed E-state index contributed by atoms with van der Waals surface area (Å²) in [5.41, 5.74) is 1.74. The summed E-state index contributed by atoms with van der Waals surface area (Å²) in [6.45, 7) is 0. The van der Waals surface area contributed by atoms with Gasteiger partial charge in [-0.15, -0.1) is 0 Å². The standard InChI is InChI=1S/C22H16N4OS/c23-13-19-20(16-7-2-1-3-8-16)25-22(26-21(19)27)28-14-24-18-11-10-15-6-4-5-9-17(15)12-18/h1-12,24H,14H2,(H,25,26,27). The van der Waals surface area contributed by atoms with Gasteiger partial charge in [0.05, 0.1) is 11.6 Å². The monoisotopic (exact) mass is 384 g/mol. The van der Waals surface area contributed by atoms with Crippen molar-refractivity contribution >= 4 is 28.2 Å². The summed E-state index contributed by atoms with van der Waals surface area (Å²) in [4.78, 5) is 19.5. The van der Waals surface area contributed by atoms with Crippen LogP contribution in [0.2, 0.25) is 0 Å². The molecule has 4 rings (SSSR count). The van der Waals surface area contributed by atoms with Crippen molar-refractivity contribution in [3.63, 3.8) is 0 Å². The lowest BCUT2D eigenvalue weighted by Crippen LogP contribution is -2.15. The van der Waals surface area contributed by atoms with Crippen LogP contribution in [0.4, 0.5) is 5.69 Å². The number of anilines is 1. The Morgan fingerprint density at radius 2 is 1.75 bits per heavy atom. The van der Waals surface area contributed by atoms with E-state index in [-0.39, 0.29) is 5.56 Å². The second-order valence-corrected chi connectivity index (χ2v) is 7.06. The summed E-state index contributed by atoms with van der Waals surface area (Å²) in [5.74, 6) is 0.529. The maximum Gasteiger partial charge on any atom is 0.270 e. The van der Waals surface area contributed by atoms with Crippen LogP contribution in [0.25, 0.3) is 22.0 Å². The van der Waals surface area contributed by atoms with Crippen molar-refractivity contribution in [1.82, 2.24) is 9.97 Å². The van der Waals surface area contributed by atoms with Gasteiger partial charge in [0.1, 0.15) is 11.6 Å². The lowest BCUT2D eigenvalue weighted by atomic mass is 10.1. The van der Waals surface area contributed by atoms with E-state index >= 15 is 0 Å². The van der Waals surface area contributed by atoms with Crippen molar-refractivity contribution in [2.75, 3.05) is 11.2 Å². The van der Waals surface area contributed by atoms with Crippen molar-refractivity contribution in [3.8, 4) is 17.3 Å². The Kier molecular flexibility index (Phi) is 5.09. The van der Waals surface area contributed by atoms with Crippen LogP contribution in [0.5, 0.6) is 0 Å². The van der Waals surface area contributed by atoms with Crippen molar-refractivity contribution in [3.05, 3.63) is 88.7 Å². The highest BCUT2D eigenvalue weighted by molar-refractivity contribution is 7.99. The van der Waals surface area contributed by atoms with Gasteiger partial charge in [-0.25, -0.2) is 4.98 Å². The minimum absolute atomic E-state index is 0.0260. The van der Waals surface area contributed by atoms with Gasteiger partial charge in [0.25, 0.3) is 5.56 Å². The molecule has 28 heavy (non-hydrogen) atoms. The molecule has 0 unspecified atom stereocenters. The second kappa shape index (κ2) is 7.99. The van der Waals surface area contributed by atoms with E-state index in [0.717, 1.165) is 16.6 Å². The lowest BCUT2D eigenvalue weighted by Gasteiger charge is -2.09. The highest BCUT2D eigenvalue weighted by atomic mass is 32.2. The number of aromatic nitrogens is 2. The molecule has 0 bridgehead atoms. The first-order valence-corrected chi connectivity index (χ1v) is 9.68. The molecule has 0 fully saturated rings. The van der Waals surface area contributed by atoms with Gasteiger partial charge in [0.2, 0.25) is 0 Å². The van der Waals surface area contributed by atoms with Gasteiger partial charge < -0.3 is 10.3 Å². The molecule has 5 nitrogen and oxygen atoms in total. The fourth-order valence-corrected chi connectivity index (χ4v) is 3.61. The summed E-state index contributed by atoms with van der Waals surface area (Å²) in [6.07, 6.45) is 0. The lowest BCUT2D eigenvalue weighted by molar-refractivity contribution is 0.935. The van der Waals surface area contributed by atoms with Gasteiger partial charge in [-0.3, -0.25) is 4.79 Å². The average Bonchev–Trinajstić information content (AvgIpc) is 2.74. The van der Waals surface area contributed by atoms with E-state index in [4.69, 9.17) is 0 Å². The largest absolute Gasteiger partial charge is 0.376 e. The normalized spacial score (nSPS) is 10.5. The number of fused-ring (bicyclic) bond motifs is 1. The number of aromatic amines is 1. The van der Waals surface area contributed by atoms with E-state index in [1.165, 1.54) is 17.1 Å². The minimum atomic E-state index is -0.426. The topological polar surface area (TPSA) is 81.6 Å². The number of hydrogen-bond acceptors (Lipinski definition) is 5. The van der Waals surface area contributed by atoms with Gasteiger partial charge in [-0.05, 0) is 22.9 Å². The summed E-state index contributed by atoms with van der Waals surface area (Å²) in [5, 5.41) is 15.5. The van der Waals surface area contributed by atoms with E-state index in [1.54, 1.807) is 0 Å². The number of nitrogens with zero attached hydrogens (tertiary/aromatic N) is 2. The van der Waals surface area contributed by atoms with Gasteiger partial charge in [0, 0.05) is 11.3 Å². The third-order valence-corrected chi connectivity index (χ3v) is 5.05. The first-order chi connectivity index (χ1) is 13.7. The van der Waals surface area contributed by atoms with E-state index < -0.39 is 5.56 Å². The molecule has 0 aliphatic heterocycles. The van der Waals surface area contributed by atoms with Crippen LogP contribution < -0.4 is 10.9 Å². The van der Waals surface area contributed by atoms with Crippen molar-refractivity contribution in [2.24, 2.45) is 0 Å². The summed E-state index contributed by atoms with van der Waals surface area (Å²) < 4.78 is 0. The molecule has 3 aromatic carbocycles. The average molecular weight is 384 g/mol. The van der Waals surface area contributed by atoms with Gasteiger partial charge in [-0.1, -0.05) is 72.4 Å². The number of benzene rings is 3. The smallest absolute Gasteiger partial charge is 0.270 e. The fraction of sp³-hybridized carbons (Fsp3) is 0.0455. The molecule has 4 aromatic rings. The molecular formula is C22H16N4OS. The zero-order valence-electron chi connectivity index (χ0n) is 14.8. The third-order valence-electron chi connectivity index (χ3n) is 4.29. The second-order valence-electron chi connectivity index (χ2n) is 6.10. The molecule has 0 amide bonds.